The molecular formula is C16H11ClN2OS. The van der Waals surface area contributed by atoms with Crippen molar-refractivity contribution in [3.8, 4) is 12.1 Å². The van der Waals surface area contributed by atoms with Crippen LogP contribution in [-0.2, 0) is 0 Å². The van der Waals surface area contributed by atoms with E-state index in [1.54, 1.807) is 24.3 Å². The zero-order valence-corrected chi connectivity index (χ0v) is 12.6. The number of nitrogens with zero attached hydrogens (tertiary/aromatic N) is 2. The van der Waals surface area contributed by atoms with E-state index < -0.39 is 11.8 Å². The number of hydrogen-bond donors (Lipinski definition) is 0. The van der Waals surface area contributed by atoms with Gasteiger partial charge in [0, 0.05) is 27.8 Å². The number of rotatable bonds is 5. The minimum Gasteiger partial charge on any atom is -0.294 e. The molecule has 0 aliphatic carbocycles. The van der Waals surface area contributed by atoms with Crippen molar-refractivity contribution < 1.29 is 4.79 Å². The lowest BCUT2D eigenvalue weighted by Crippen LogP contribution is -2.14. The smallest absolute Gasteiger partial charge is 0.163 e. The zero-order chi connectivity index (χ0) is 15.2. The lowest BCUT2D eigenvalue weighted by molar-refractivity contribution is 0.0971. The summed E-state index contributed by atoms with van der Waals surface area (Å²) in [6.45, 7) is 0. The first kappa shape index (κ1) is 15.3. The van der Waals surface area contributed by atoms with Gasteiger partial charge in [-0.3, -0.25) is 4.79 Å². The van der Waals surface area contributed by atoms with Gasteiger partial charge in [0.1, 0.15) is 5.92 Å². The highest BCUT2D eigenvalue weighted by Crippen LogP contribution is 2.32. The van der Waals surface area contributed by atoms with Gasteiger partial charge in [0.25, 0.3) is 0 Å². The number of carbonyl (C=O) groups is 1. The van der Waals surface area contributed by atoms with E-state index in [0.29, 0.717) is 10.6 Å². The van der Waals surface area contributed by atoms with Crippen LogP contribution in [0, 0.1) is 28.6 Å². The molecule has 0 aliphatic rings. The molecule has 104 valence electrons. The molecule has 1 aromatic heterocycles. The number of halogens is 1. The normalized spacial score (nSPS) is 11.6. The summed E-state index contributed by atoms with van der Waals surface area (Å²) in [5.41, 5.74) is 0.538. The van der Waals surface area contributed by atoms with Crippen molar-refractivity contribution in [2.75, 3.05) is 0 Å². The highest BCUT2D eigenvalue weighted by atomic mass is 35.5. The summed E-state index contributed by atoms with van der Waals surface area (Å²) in [6.07, 6.45) is 0.133. The molecule has 0 spiro atoms. The SMILES string of the molecule is N#CC(C#N)[C@@H](CC(=O)c1ccc(Cl)cc1)c1cccs1. The van der Waals surface area contributed by atoms with Crippen molar-refractivity contribution >= 4 is 28.7 Å². The molecule has 1 heterocycles. The second-order valence-corrected chi connectivity index (χ2v) is 5.91. The van der Waals surface area contributed by atoms with Crippen molar-refractivity contribution in [2.24, 2.45) is 5.92 Å². The lowest BCUT2D eigenvalue weighted by atomic mass is 9.87. The molecule has 0 bridgehead atoms. The van der Waals surface area contributed by atoms with Crippen molar-refractivity contribution in [3.63, 3.8) is 0 Å². The number of thiophene rings is 1. The standard InChI is InChI=1S/C16H11ClN2OS/c17-13-5-3-11(4-6-13)15(20)8-14(12(9-18)10-19)16-2-1-7-21-16/h1-7,12,14H,8H2/t14-/m1/s1. The average molecular weight is 315 g/mol. The molecule has 2 aromatic rings. The molecule has 3 nitrogen and oxygen atoms in total. The fraction of sp³-hybridized carbons (Fsp3) is 0.188. The summed E-state index contributed by atoms with van der Waals surface area (Å²) in [5.74, 6) is -1.33. The lowest BCUT2D eigenvalue weighted by Gasteiger charge is -2.15. The molecule has 0 saturated heterocycles. The van der Waals surface area contributed by atoms with E-state index in [-0.39, 0.29) is 12.2 Å². The average Bonchev–Trinajstić information content (AvgIpc) is 3.02. The van der Waals surface area contributed by atoms with Gasteiger partial charge in [-0.15, -0.1) is 11.3 Å². The highest BCUT2D eigenvalue weighted by Gasteiger charge is 2.27. The predicted molar refractivity (Wildman–Crippen MR) is 82.2 cm³/mol. The van der Waals surface area contributed by atoms with Crippen molar-refractivity contribution in [3.05, 3.63) is 57.2 Å². The van der Waals surface area contributed by atoms with Crippen LogP contribution < -0.4 is 0 Å². The Morgan fingerprint density at radius 2 is 1.86 bits per heavy atom. The van der Waals surface area contributed by atoms with Gasteiger partial charge >= 0.3 is 0 Å². The topological polar surface area (TPSA) is 64.7 Å². The van der Waals surface area contributed by atoms with Gasteiger partial charge in [-0.1, -0.05) is 17.7 Å². The Morgan fingerprint density at radius 1 is 1.19 bits per heavy atom. The monoisotopic (exact) mass is 314 g/mol. The van der Waals surface area contributed by atoms with E-state index in [1.807, 2.05) is 29.7 Å². The third-order valence-electron chi connectivity index (χ3n) is 3.16. The molecular weight excluding hydrogens is 304 g/mol. The molecule has 5 heteroatoms. The van der Waals surface area contributed by atoms with Gasteiger partial charge in [0.05, 0.1) is 12.1 Å². The summed E-state index contributed by atoms with van der Waals surface area (Å²) in [5, 5.41) is 20.7. The van der Waals surface area contributed by atoms with Crippen LogP contribution in [0.15, 0.2) is 41.8 Å². The molecule has 0 unspecified atom stereocenters. The second kappa shape index (κ2) is 7.04. The fourth-order valence-corrected chi connectivity index (χ4v) is 3.04. The first-order valence-electron chi connectivity index (χ1n) is 6.27. The number of nitriles is 2. The number of ketones is 1. The summed E-state index contributed by atoms with van der Waals surface area (Å²) < 4.78 is 0. The van der Waals surface area contributed by atoms with E-state index >= 15 is 0 Å². The Kier molecular flexibility index (Phi) is 5.11. The Labute approximate surface area is 132 Å². The van der Waals surface area contributed by atoms with E-state index in [0.717, 1.165) is 4.88 Å². The largest absolute Gasteiger partial charge is 0.294 e. The Balaban J connectivity index is 2.24. The molecule has 2 rings (SSSR count). The van der Waals surface area contributed by atoms with Crippen molar-refractivity contribution in [1.82, 2.24) is 0 Å². The van der Waals surface area contributed by atoms with Crippen molar-refractivity contribution in [1.29, 1.82) is 10.5 Å². The van der Waals surface area contributed by atoms with E-state index in [2.05, 4.69) is 0 Å². The first-order chi connectivity index (χ1) is 10.2. The van der Waals surface area contributed by atoms with Crippen LogP contribution in [0.5, 0.6) is 0 Å². The predicted octanol–water partition coefficient (Wildman–Crippen LogP) is 4.42. The molecule has 21 heavy (non-hydrogen) atoms. The summed E-state index contributed by atoms with van der Waals surface area (Å²) in [7, 11) is 0. The van der Waals surface area contributed by atoms with E-state index in [9.17, 15) is 4.79 Å². The number of carbonyl (C=O) groups excluding carboxylic acids is 1. The molecule has 0 radical (unpaired) electrons. The fourth-order valence-electron chi connectivity index (χ4n) is 2.05. The van der Waals surface area contributed by atoms with Gasteiger partial charge in [-0.25, -0.2) is 0 Å². The van der Waals surface area contributed by atoms with Gasteiger partial charge in [0.15, 0.2) is 5.78 Å². The Hall–Kier alpha value is -2.14. The van der Waals surface area contributed by atoms with E-state index in [1.165, 1.54) is 11.3 Å². The van der Waals surface area contributed by atoms with Crippen LogP contribution in [0.4, 0.5) is 0 Å². The zero-order valence-electron chi connectivity index (χ0n) is 11.0. The first-order valence-corrected chi connectivity index (χ1v) is 7.53. The maximum absolute atomic E-state index is 12.3. The van der Waals surface area contributed by atoms with Crippen LogP contribution >= 0.6 is 22.9 Å². The van der Waals surface area contributed by atoms with Gasteiger partial charge in [0.2, 0.25) is 0 Å². The Bertz CT molecular complexity index is 681. The number of hydrogen-bond acceptors (Lipinski definition) is 4. The molecule has 0 N–H and O–H groups in total. The maximum Gasteiger partial charge on any atom is 0.163 e. The van der Waals surface area contributed by atoms with Crippen LogP contribution in [0.3, 0.4) is 0 Å². The van der Waals surface area contributed by atoms with Crippen molar-refractivity contribution in [2.45, 2.75) is 12.3 Å². The van der Waals surface area contributed by atoms with E-state index in [4.69, 9.17) is 22.1 Å². The van der Waals surface area contributed by atoms with Gasteiger partial charge < -0.3 is 0 Å². The molecule has 0 saturated carbocycles. The van der Waals surface area contributed by atoms with Crippen LogP contribution in [0.1, 0.15) is 27.6 Å². The Morgan fingerprint density at radius 3 is 2.38 bits per heavy atom. The maximum atomic E-state index is 12.3. The second-order valence-electron chi connectivity index (χ2n) is 4.49. The molecule has 1 atom stereocenters. The summed E-state index contributed by atoms with van der Waals surface area (Å²) >= 11 is 7.26. The van der Waals surface area contributed by atoms with Gasteiger partial charge in [-0.05, 0) is 35.7 Å². The number of benzene rings is 1. The number of Topliss-reactive ketones (excluding diaryl/α,β-unsaturated/α-hetero) is 1. The third kappa shape index (κ3) is 3.70. The minimum atomic E-state index is -0.833. The summed E-state index contributed by atoms with van der Waals surface area (Å²) in [6, 6.07) is 14.3. The van der Waals surface area contributed by atoms with Crippen LogP contribution in [-0.4, -0.2) is 5.78 Å². The molecule has 1 aromatic carbocycles. The van der Waals surface area contributed by atoms with Crippen LogP contribution in [0.2, 0.25) is 5.02 Å². The van der Waals surface area contributed by atoms with Gasteiger partial charge in [-0.2, -0.15) is 10.5 Å². The molecule has 0 amide bonds. The molecule has 0 fully saturated rings. The quantitative estimate of drug-likeness (QED) is 0.767. The third-order valence-corrected chi connectivity index (χ3v) is 4.42. The molecule has 0 aliphatic heterocycles. The highest BCUT2D eigenvalue weighted by molar-refractivity contribution is 7.10. The van der Waals surface area contributed by atoms with Crippen LogP contribution in [0.25, 0.3) is 0 Å². The summed E-state index contributed by atoms with van der Waals surface area (Å²) in [4.78, 5) is 13.2. The minimum absolute atomic E-state index is 0.0967.